The van der Waals surface area contributed by atoms with Gasteiger partial charge in [0.05, 0.1) is 6.10 Å². The number of hydrogen-bond acceptors (Lipinski definition) is 5. The van der Waals surface area contributed by atoms with Gasteiger partial charge >= 0.3 is 7.60 Å². The lowest BCUT2D eigenvalue weighted by atomic mass is 9.86. The highest BCUT2D eigenvalue weighted by atomic mass is 35.6. The first-order chi connectivity index (χ1) is 10.2. The van der Waals surface area contributed by atoms with Crippen molar-refractivity contribution in [3.8, 4) is 0 Å². The van der Waals surface area contributed by atoms with Crippen molar-refractivity contribution >= 4 is 48.3 Å². The van der Waals surface area contributed by atoms with Crippen LogP contribution in [0.5, 0.6) is 0 Å². The summed E-state index contributed by atoms with van der Waals surface area (Å²) >= 11 is 17.2. The highest BCUT2D eigenvalue weighted by Crippen LogP contribution is 2.66. The second kappa shape index (κ2) is 5.35. The number of nitrogens with zero attached hydrogens (tertiary/aromatic N) is 1. The van der Waals surface area contributed by atoms with E-state index in [-0.39, 0.29) is 18.6 Å². The maximum absolute atomic E-state index is 13.0. The van der Waals surface area contributed by atoms with E-state index < -0.39 is 28.7 Å². The van der Waals surface area contributed by atoms with Gasteiger partial charge in [-0.15, -0.1) is 0 Å². The van der Waals surface area contributed by atoms with Crippen LogP contribution >= 0.6 is 42.4 Å². The third kappa shape index (κ3) is 2.27. The fraction of sp³-hybridized carbons (Fsp3) is 0.750. The smallest absolute Gasteiger partial charge is 0.355 e. The number of fused-ring (bicyclic) bond motifs is 1. The van der Waals surface area contributed by atoms with Gasteiger partial charge in [0.1, 0.15) is 5.60 Å². The number of hydrogen-bond donors (Lipinski definition) is 0. The van der Waals surface area contributed by atoms with E-state index in [1.54, 1.807) is 0 Å². The SMILES string of the molecule is COP(=O)(OC)[C@@H]1N(C(=O)C(Cl)(Cl)Cl)C[C@@H]2C[C@H]3C=C[C@]21O3. The molecule has 0 saturated carbocycles. The minimum atomic E-state index is -3.68. The van der Waals surface area contributed by atoms with E-state index in [1.807, 2.05) is 12.2 Å². The van der Waals surface area contributed by atoms with E-state index in [4.69, 9.17) is 48.6 Å². The largest absolute Gasteiger partial charge is 0.360 e. The van der Waals surface area contributed by atoms with E-state index in [0.717, 1.165) is 0 Å². The molecule has 3 heterocycles. The third-order valence-corrected chi connectivity index (χ3v) is 7.29. The molecular formula is C12H15Cl3NO5P. The molecule has 0 unspecified atom stereocenters. The number of carbonyl (C=O) groups excluding carboxylic acids is 1. The van der Waals surface area contributed by atoms with E-state index in [2.05, 4.69) is 0 Å². The van der Waals surface area contributed by atoms with Gasteiger partial charge in [-0.1, -0.05) is 47.0 Å². The van der Waals surface area contributed by atoms with Gasteiger partial charge < -0.3 is 18.7 Å². The molecule has 0 aromatic rings. The van der Waals surface area contributed by atoms with Gasteiger partial charge in [0.15, 0.2) is 5.78 Å². The van der Waals surface area contributed by atoms with E-state index in [1.165, 1.54) is 19.1 Å². The molecule has 1 amide bonds. The molecule has 1 spiro atoms. The normalized spacial score (nSPS) is 37.0. The number of rotatable bonds is 3. The summed E-state index contributed by atoms with van der Waals surface area (Å²) in [6, 6.07) is 0. The minimum absolute atomic E-state index is 0.0394. The average Bonchev–Trinajstić information content (AvgIpc) is 3.11. The highest BCUT2D eigenvalue weighted by Gasteiger charge is 2.69. The van der Waals surface area contributed by atoms with E-state index in [0.29, 0.717) is 6.42 Å². The zero-order valence-electron chi connectivity index (χ0n) is 11.9. The molecule has 3 aliphatic heterocycles. The van der Waals surface area contributed by atoms with Gasteiger partial charge in [-0.2, -0.15) is 0 Å². The van der Waals surface area contributed by atoms with Crippen LogP contribution in [0.2, 0.25) is 0 Å². The third-order valence-electron chi connectivity index (χ3n) is 4.51. The maximum atomic E-state index is 13.0. The molecule has 3 aliphatic rings. The number of amides is 1. The number of carbonyl (C=O) groups is 1. The molecule has 0 radical (unpaired) electrons. The van der Waals surface area contributed by atoms with Crippen LogP contribution in [0.1, 0.15) is 6.42 Å². The summed E-state index contributed by atoms with van der Waals surface area (Å²) in [5, 5.41) is 0. The number of halogens is 3. The predicted molar refractivity (Wildman–Crippen MR) is 82.3 cm³/mol. The van der Waals surface area contributed by atoms with Gasteiger partial charge in [0.25, 0.3) is 9.70 Å². The molecule has 2 bridgehead atoms. The standard InChI is InChI=1S/C12H15Cl3NO5P/c1-19-22(18,20-2)10-11-4-3-8(21-11)5-7(11)6-16(10)9(17)12(13,14)15/h3-4,7-8,10H,5-6H2,1-2H3/t7-,8+,10-,11-/m0/s1. The fourth-order valence-electron chi connectivity index (χ4n) is 3.63. The van der Waals surface area contributed by atoms with Crippen molar-refractivity contribution in [2.45, 2.75) is 27.7 Å². The first-order valence-electron chi connectivity index (χ1n) is 6.64. The van der Waals surface area contributed by atoms with Crippen LogP contribution < -0.4 is 0 Å². The average molecular weight is 391 g/mol. The summed E-state index contributed by atoms with van der Waals surface area (Å²) in [5.41, 5.74) is -0.919. The molecule has 0 N–H and O–H groups in total. The Bertz CT molecular complexity index is 572. The van der Waals surface area contributed by atoms with Crippen LogP contribution in [0.25, 0.3) is 0 Å². The molecule has 22 heavy (non-hydrogen) atoms. The molecule has 0 aromatic carbocycles. The Hall–Kier alpha value is 0.190. The monoisotopic (exact) mass is 389 g/mol. The topological polar surface area (TPSA) is 65.1 Å². The lowest BCUT2D eigenvalue weighted by Crippen LogP contribution is -2.49. The van der Waals surface area contributed by atoms with Crippen molar-refractivity contribution in [1.82, 2.24) is 4.90 Å². The second-order valence-electron chi connectivity index (χ2n) is 5.54. The Labute approximate surface area is 143 Å². The minimum Gasteiger partial charge on any atom is -0.360 e. The van der Waals surface area contributed by atoms with Crippen molar-refractivity contribution in [3.63, 3.8) is 0 Å². The van der Waals surface area contributed by atoms with Crippen LogP contribution in [0, 0.1) is 5.92 Å². The summed E-state index contributed by atoms with van der Waals surface area (Å²) < 4.78 is 27.1. The molecule has 2 fully saturated rings. The Morgan fingerprint density at radius 3 is 2.55 bits per heavy atom. The van der Waals surface area contributed by atoms with Crippen LogP contribution in [0.4, 0.5) is 0 Å². The molecule has 2 saturated heterocycles. The summed E-state index contributed by atoms with van der Waals surface area (Å²) in [6.45, 7) is 0.273. The Morgan fingerprint density at radius 2 is 2.05 bits per heavy atom. The van der Waals surface area contributed by atoms with E-state index in [9.17, 15) is 9.36 Å². The Morgan fingerprint density at radius 1 is 1.41 bits per heavy atom. The van der Waals surface area contributed by atoms with E-state index >= 15 is 0 Å². The number of alkyl halides is 3. The number of ether oxygens (including phenoxy) is 1. The molecule has 10 heteroatoms. The quantitative estimate of drug-likeness (QED) is 0.421. The Kier molecular flexibility index (Phi) is 4.14. The first kappa shape index (κ1) is 17.0. The van der Waals surface area contributed by atoms with Crippen LogP contribution in [0.3, 0.4) is 0 Å². The van der Waals surface area contributed by atoms with Gasteiger partial charge in [-0.25, -0.2) is 0 Å². The molecule has 3 rings (SSSR count). The van der Waals surface area contributed by atoms with Gasteiger partial charge in [-0.3, -0.25) is 9.36 Å². The molecule has 124 valence electrons. The summed E-state index contributed by atoms with van der Waals surface area (Å²) in [6.07, 6.45) is 4.37. The van der Waals surface area contributed by atoms with Gasteiger partial charge in [-0.05, 0) is 6.42 Å². The molecule has 6 nitrogen and oxygen atoms in total. The van der Waals surface area contributed by atoms with Crippen molar-refractivity contribution in [1.29, 1.82) is 0 Å². The zero-order chi connectivity index (χ0) is 16.3. The number of likely N-dealkylation sites (tertiary alicyclic amines) is 1. The summed E-state index contributed by atoms with van der Waals surface area (Å²) in [4.78, 5) is 13.7. The second-order valence-corrected chi connectivity index (χ2v) is 10.1. The maximum Gasteiger partial charge on any atom is 0.355 e. The summed E-state index contributed by atoms with van der Waals surface area (Å²) in [7, 11) is -1.16. The fourth-order valence-corrected chi connectivity index (χ4v) is 5.89. The zero-order valence-corrected chi connectivity index (χ0v) is 15.0. The molecule has 0 aromatic heterocycles. The summed E-state index contributed by atoms with van der Waals surface area (Å²) in [5.74, 6) is -1.78. The first-order valence-corrected chi connectivity index (χ1v) is 9.38. The van der Waals surface area contributed by atoms with Crippen molar-refractivity contribution in [2.75, 3.05) is 20.8 Å². The van der Waals surface area contributed by atoms with Crippen LogP contribution in [-0.4, -0.2) is 52.9 Å². The lowest BCUT2D eigenvalue weighted by Gasteiger charge is -2.37. The van der Waals surface area contributed by atoms with Gasteiger partial charge in [0.2, 0.25) is 0 Å². The van der Waals surface area contributed by atoms with Crippen molar-refractivity contribution < 1.29 is 23.1 Å². The molecular weight excluding hydrogens is 375 g/mol. The molecule has 0 aliphatic carbocycles. The van der Waals surface area contributed by atoms with Gasteiger partial charge in [0, 0.05) is 26.7 Å². The lowest BCUT2D eigenvalue weighted by molar-refractivity contribution is -0.132. The van der Waals surface area contributed by atoms with Crippen LogP contribution in [-0.2, 0) is 23.1 Å². The van der Waals surface area contributed by atoms with Crippen LogP contribution in [0.15, 0.2) is 12.2 Å². The van der Waals surface area contributed by atoms with Crippen molar-refractivity contribution in [3.05, 3.63) is 12.2 Å². The predicted octanol–water partition coefficient (Wildman–Crippen LogP) is 2.72. The molecule has 4 atom stereocenters. The Balaban J connectivity index is 2.07. The highest BCUT2D eigenvalue weighted by molar-refractivity contribution is 7.54. The van der Waals surface area contributed by atoms with Crippen molar-refractivity contribution in [2.24, 2.45) is 5.92 Å².